The van der Waals surface area contributed by atoms with E-state index < -0.39 is 0 Å². The van der Waals surface area contributed by atoms with E-state index in [0.29, 0.717) is 19.8 Å². The zero-order chi connectivity index (χ0) is 11.4. The summed E-state index contributed by atoms with van der Waals surface area (Å²) >= 11 is 2.27. The fraction of sp³-hybridized carbons (Fsp3) is 0.231. The molecule has 0 radical (unpaired) electrons. The number of hydrogen-bond donors (Lipinski definition) is 1. The van der Waals surface area contributed by atoms with Crippen LogP contribution in [0.4, 0.5) is 5.69 Å². The molecule has 1 atom stereocenters. The van der Waals surface area contributed by atoms with E-state index in [1.807, 2.05) is 6.07 Å². The minimum absolute atomic E-state index is 0.481. The van der Waals surface area contributed by atoms with Crippen LogP contribution in [0.1, 0.15) is 23.0 Å². The number of hydrogen-bond acceptors (Lipinski definition) is 2. The molecule has 0 aliphatic carbocycles. The van der Waals surface area contributed by atoms with Crippen molar-refractivity contribution in [2.45, 2.75) is 18.2 Å². The third-order valence-electron chi connectivity index (χ3n) is 2.41. The molecule has 1 aromatic heterocycles. The van der Waals surface area contributed by atoms with E-state index in [2.05, 4.69) is 42.6 Å². The van der Waals surface area contributed by atoms with Gasteiger partial charge in [-0.2, -0.15) is 0 Å². The molecular formula is C13H15NSSe. The van der Waals surface area contributed by atoms with Crippen LogP contribution >= 0.6 is 11.3 Å². The molecule has 0 amide bonds. The maximum atomic E-state index is 5.99. The number of nitrogen functional groups attached to an aromatic ring is 1. The number of rotatable bonds is 4. The van der Waals surface area contributed by atoms with Gasteiger partial charge >= 0.3 is 107 Å². The molecule has 0 saturated heterocycles. The first-order chi connectivity index (χ1) is 7.81. The summed E-state index contributed by atoms with van der Waals surface area (Å²) in [5.74, 6) is 0. The second kappa shape index (κ2) is 5.53. The Hall–Kier alpha value is -0.761. The Labute approximate surface area is 107 Å². The second-order valence-electron chi connectivity index (χ2n) is 3.57. The summed E-state index contributed by atoms with van der Waals surface area (Å²) in [4.78, 5) is 1.99. The fourth-order valence-corrected chi connectivity index (χ4v) is 5.27. The van der Waals surface area contributed by atoms with Gasteiger partial charge in [0.2, 0.25) is 0 Å². The molecule has 1 heterocycles. The molecule has 2 N–H and O–H groups in total. The summed E-state index contributed by atoms with van der Waals surface area (Å²) in [5, 5.41) is 2.09. The average molecular weight is 296 g/mol. The molecule has 0 fully saturated rings. The van der Waals surface area contributed by atoms with Crippen LogP contribution < -0.4 is 10.2 Å². The van der Waals surface area contributed by atoms with E-state index in [4.69, 9.17) is 5.73 Å². The second-order valence-corrected chi connectivity index (χ2v) is 7.19. The van der Waals surface area contributed by atoms with E-state index >= 15 is 0 Å². The molecule has 2 aromatic rings. The van der Waals surface area contributed by atoms with E-state index in [9.17, 15) is 0 Å². The molecular weight excluding hydrogens is 281 g/mol. The summed E-state index contributed by atoms with van der Waals surface area (Å²) in [6.45, 7) is 2.24. The van der Waals surface area contributed by atoms with Crippen molar-refractivity contribution in [1.29, 1.82) is 0 Å². The van der Waals surface area contributed by atoms with Crippen LogP contribution in [0, 0.1) is 0 Å². The molecule has 0 saturated carbocycles. The van der Waals surface area contributed by atoms with Crippen LogP contribution in [0.5, 0.6) is 0 Å². The van der Waals surface area contributed by atoms with Crippen molar-refractivity contribution >= 4 is 36.4 Å². The van der Waals surface area contributed by atoms with Gasteiger partial charge in [0, 0.05) is 0 Å². The first kappa shape index (κ1) is 11.7. The van der Waals surface area contributed by atoms with Gasteiger partial charge in [-0.1, -0.05) is 0 Å². The first-order valence-electron chi connectivity index (χ1n) is 5.36. The van der Waals surface area contributed by atoms with Crippen molar-refractivity contribution in [3.8, 4) is 0 Å². The Morgan fingerprint density at radius 1 is 1.25 bits per heavy atom. The molecule has 1 unspecified atom stereocenters. The van der Waals surface area contributed by atoms with Gasteiger partial charge in [0.05, 0.1) is 0 Å². The minimum atomic E-state index is 0.481. The predicted octanol–water partition coefficient (Wildman–Crippen LogP) is 2.81. The standard InChI is InChI=1S/C13H15NSSe/c1-2-12(13-11(14)8-9-15-13)16-10-6-4-3-5-7-10/h3-9,12H,2,14H2,1H3. The van der Waals surface area contributed by atoms with Crippen molar-refractivity contribution in [3.05, 3.63) is 46.7 Å². The Morgan fingerprint density at radius 2 is 2.00 bits per heavy atom. The third-order valence-corrected chi connectivity index (χ3v) is 6.73. The van der Waals surface area contributed by atoms with Gasteiger partial charge < -0.3 is 0 Å². The quantitative estimate of drug-likeness (QED) is 0.863. The van der Waals surface area contributed by atoms with Crippen molar-refractivity contribution in [2.75, 3.05) is 5.73 Å². The van der Waals surface area contributed by atoms with Crippen molar-refractivity contribution < 1.29 is 0 Å². The molecule has 1 nitrogen and oxygen atoms in total. The zero-order valence-corrected chi connectivity index (χ0v) is 11.7. The van der Waals surface area contributed by atoms with Crippen LogP contribution in [0.2, 0.25) is 0 Å². The monoisotopic (exact) mass is 297 g/mol. The summed E-state index contributed by atoms with van der Waals surface area (Å²) in [7, 11) is 0. The molecule has 0 bridgehead atoms. The molecule has 0 aliphatic rings. The Balaban J connectivity index is 2.16. The van der Waals surface area contributed by atoms with Crippen LogP contribution in [0.15, 0.2) is 41.8 Å². The number of thiophene rings is 1. The van der Waals surface area contributed by atoms with Gasteiger partial charge in [0.15, 0.2) is 0 Å². The summed E-state index contributed by atoms with van der Waals surface area (Å²) in [6, 6.07) is 12.7. The first-order valence-corrected chi connectivity index (χ1v) is 8.08. The van der Waals surface area contributed by atoms with E-state index in [0.717, 1.165) is 5.69 Å². The Bertz CT molecular complexity index is 438. The number of benzene rings is 1. The molecule has 2 rings (SSSR count). The van der Waals surface area contributed by atoms with Gasteiger partial charge in [-0.25, -0.2) is 0 Å². The average Bonchev–Trinajstić information content (AvgIpc) is 2.74. The third kappa shape index (κ3) is 2.67. The summed E-state index contributed by atoms with van der Waals surface area (Å²) in [6.07, 6.45) is 1.17. The van der Waals surface area contributed by atoms with Crippen LogP contribution in [-0.4, -0.2) is 15.0 Å². The van der Waals surface area contributed by atoms with Crippen LogP contribution in [0.25, 0.3) is 0 Å². The maximum absolute atomic E-state index is 5.99. The van der Waals surface area contributed by atoms with Gasteiger partial charge in [-0.05, 0) is 0 Å². The molecule has 16 heavy (non-hydrogen) atoms. The summed E-state index contributed by atoms with van der Waals surface area (Å²) < 4.78 is 1.45. The number of anilines is 1. The van der Waals surface area contributed by atoms with Gasteiger partial charge in [-0.15, -0.1) is 0 Å². The van der Waals surface area contributed by atoms with Crippen molar-refractivity contribution in [3.63, 3.8) is 0 Å². The molecule has 0 aliphatic heterocycles. The van der Waals surface area contributed by atoms with Crippen LogP contribution in [-0.2, 0) is 0 Å². The Morgan fingerprint density at radius 3 is 2.56 bits per heavy atom. The van der Waals surface area contributed by atoms with Gasteiger partial charge in [-0.3, -0.25) is 0 Å². The summed E-state index contributed by atoms with van der Waals surface area (Å²) in [5.41, 5.74) is 6.96. The molecule has 1 aromatic carbocycles. The molecule has 3 heteroatoms. The molecule has 84 valence electrons. The van der Waals surface area contributed by atoms with Crippen molar-refractivity contribution in [2.24, 2.45) is 0 Å². The van der Waals surface area contributed by atoms with E-state index in [1.165, 1.54) is 15.8 Å². The number of nitrogens with two attached hydrogens (primary N) is 1. The fourth-order valence-electron chi connectivity index (χ4n) is 1.58. The SMILES string of the molecule is CCC([Se]c1ccccc1)c1sccc1N. The molecule has 0 spiro atoms. The Kier molecular flexibility index (Phi) is 4.05. The predicted molar refractivity (Wildman–Crippen MR) is 73.6 cm³/mol. The normalized spacial score (nSPS) is 12.6. The van der Waals surface area contributed by atoms with E-state index in [1.54, 1.807) is 11.3 Å². The van der Waals surface area contributed by atoms with Crippen molar-refractivity contribution in [1.82, 2.24) is 0 Å². The van der Waals surface area contributed by atoms with Crippen LogP contribution in [0.3, 0.4) is 0 Å². The van der Waals surface area contributed by atoms with Gasteiger partial charge in [0.1, 0.15) is 0 Å². The van der Waals surface area contributed by atoms with Gasteiger partial charge in [0.25, 0.3) is 0 Å². The van der Waals surface area contributed by atoms with E-state index in [-0.39, 0.29) is 0 Å². The zero-order valence-electron chi connectivity index (χ0n) is 9.22. The topological polar surface area (TPSA) is 26.0 Å².